The molecule has 0 radical (unpaired) electrons. The van der Waals surface area contributed by atoms with Gasteiger partial charge in [0.2, 0.25) is 5.88 Å². The normalized spacial score (nSPS) is 11.7. The quantitative estimate of drug-likeness (QED) is 0.129. The molecule has 0 aliphatic rings. The van der Waals surface area contributed by atoms with Crippen LogP contribution in [0.5, 0.6) is 5.88 Å². The van der Waals surface area contributed by atoms with Crippen LogP contribution in [0.2, 0.25) is 0 Å². The van der Waals surface area contributed by atoms with Crippen molar-refractivity contribution in [1.82, 2.24) is 9.88 Å². The predicted molar refractivity (Wildman–Crippen MR) is 174 cm³/mol. The molecule has 2 N–H and O–H groups in total. The van der Waals surface area contributed by atoms with Gasteiger partial charge in [-0.2, -0.15) is 0 Å². The molecule has 1 heterocycles. The van der Waals surface area contributed by atoms with Gasteiger partial charge >= 0.3 is 5.91 Å². The number of anilines is 1. The third-order valence-electron chi connectivity index (χ3n) is 6.91. The van der Waals surface area contributed by atoms with Crippen LogP contribution in [0.1, 0.15) is 21.5 Å². The van der Waals surface area contributed by atoms with Crippen molar-refractivity contribution in [2.75, 3.05) is 19.0 Å². The molecular weight excluding hydrogens is 606 g/mol. The molecule has 216 valence electrons. The Morgan fingerprint density at radius 3 is 2.28 bits per heavy atom. The highest BCUT2D eigenvalue weighted by molar-refractivity contribution is 9.10. The first kappa shape index (κ1) is 29.5. The van der Waals surface area contributed by atoms with Gasteiger partial charge in [-0.15, -0.1) is 10.2 Å². The summed E-state index contributed by atoms with van der Waals surface area (Å²) in [6.45, 7) is 0.499. The van der Waals surface area contributed by atoms with E-state index in [2.05, 4.69) is 31.5 Å². The van der Waals surface area contributed by atoms with E-state index in [4.69, 9.17) is 0 Å². The van der Waals surface area contributed by atoms with Gasteiger partial charge in [0.05, 0.1) is 5.52 Å². The van der Waals surface area contributed by atoms with Gasteiger partial charge in [-0.25, -0.2) is 0 Å². The Morgan fingerprint density at radius 1 is 0.930 bits per heavy atom. The van der Waals surface area contributed by atoms with E-state index < -0.39 is 11.8 Å². The highest BCUT2D eigenvalue weighted by Crippen LogP contribution is 2.40. The van der Waals surface area contributed by atoms with Crippen molar-refractivity contribution >= 4 is 56.1 Å². The summed E-state index contributed by atoms with van der Waals surface area (Å²) in [5, 5.41) is 22.7. The molecule has 0 spiro atoms. The molecule has 0 saturated carbocycles. The van der Waals surface area contributed by atoms with Crippen molar-refractivity contribution in [3.63, 3.8) is 0 Å². The van der Waals surface area contributed by atoms with E-state index in [0.29, 0.717) is 29.5 Å². The molecule has 0 saturated heterocycles. The fourth-order valence-electron chi connectivity index (χ4n) is 4.63. The number of halogens is 1. The number of hydrogen-bond acceptors (Lipinski definition) is 5. The minimum absolute atomic E-state index is 0.0521. The number of carbonyl (C=O) groups excluding carboxylic acids is 2. The van der Waals surface area contributed by atoms with E-state index in [-0.39, 0.29) is 17.3 Å². The molecule has 1 aromatic heterocycles. The van der Waals surface area contributed by atoms with Gasteiger partial charge in [-0.3, -0.25) is 9.59 Å². The lowest BCUT2D eigenvalue weighted by Gasteiger charge is -2.12. The van der Waals surface area contributed by atoms with Crippen LogP contribution >= 0.6 is 15.9 Å². The number of nitrogens with one attached hydrogen (secondary N) is 1. The molecule has 0 aliphatic heterocycles. The van der Waals surface area contributed by atoms with E-state index in [1.807, 2.05) is 91.8 Å². The average Bonchev–Trinajstić information content (AvgIpc) is 3.28. The predicted octanol–water partition coefficient (Wildman–Crippen LogP) is 7.50. The Labute approximate surface area is 258 Å². The first-order chi connectivity index (χ1) is 20.8. The van der Waals surface area contributed by atoms with Gasteiger partial charge in [0.15, 0.2) is 5.69 Å². The second-order valence-electron chi connectivity index (χ2n) is 10.1. The summed E-state index contributed by atoms with van der Waals surface area (Å²) in [5.41, 5.74) is 4.08. The molecule has 4 aromatic carbocycles. The average molecular weight is 637 g/mol. The minimum Gasteiger partial charge on any atom is -0.493 e. The molecule has 0 fully saturated rings. The molecule has 0 unspecified atom stereocenters. The van der Waals surface area contributed by atoms with Crippen molar-refractivity contribution in [2.24, 2.45) is 10.2 Å². The summed E-state index contributed by atoms with van der Waals surface area (Å²) in [4.78, 5) is 28.4. The third kappa shape index (κ3) is 7.07. The van der Waals surface area contributed by atoms with Crippen LogP contribution in [0.3, 0.4) is 0 Å². The zero-order valence-electron chi connectivity index (χ0n) is 23.7. The SMILES string of the molecule is CN(C)c1ccc(/C=C(\NC(=O)c2ccccc2)C(=O)N=Nc2c(O)n(CCc3ccccc3)c3ccc(Br)cc23)cc1. The van der Waals surface area contributed by atoms with Crippen LogP contribution in [0.25, 0.3) is 17.0 Å². The second-order valence-corrected chi connectivity index (χ2v) is 11.0. The van der Waals surface area contributed by atoms with Crippen LogP contribution in [0.4, 0.5) is 11.4 Å². The number of rotatable bonds is 9. The standard InChI is InChI=1S/C34H30BrN5O3/c1-39(2)27-16-13-24(14-17-27)21-29(36-32(41)25-11-7-4-8-12-25)33(42)38-37-31-28-22-26(35)15-18-30(28)40(34(31)43)20-19-23-9-5-3-6-10-23/h3-18,21-22,43H,19-20H2,1-2H3,(H,36,41)/b29-21-,38-37?. The van der Waals surface area contributed by atoms with Crippen molar-refractivity contribution in [3.05, 3.63) is 130 Å². The van der Waals surface area contributed by atoms with E-state index in [0.717, 1.165) is 21.2 Å². The third-order valence-corrected chi connectivity index (χ3v) is 7.41. The van der Waals surface area contributed by atoms with Crippen LogP contribution in [-0.2, 0) is 17.8 Å². The first-order valence-electron chi connectivity index (χ1n) is 13.7. The van der Waals surface area contributed by atoms with Gasteiger partial charge in [0.25, 0.3) is 5.91 Å². The van der Waals surface area contributed by atoms with Gasteiger partial charge in [0.1, 0.15) is 5.70 Å². The van der Waals surface area contributed by atoms with Crippen molar-refractivity contribution in [3.8, 4) is 5.88 Å². The molecule has 8 nitrogen and oxygen atoms in total. The number of aromatic hydroxyl groups is 1. The summed E-state index contributed by atoms with van der Waals surface area (Å²) in [6, 6.07) is 31.7. The van der Waals surface area contributed by atoms with Crippen molar-refractivity contribution in [2.45, 2.75) is 13.0 Å². The second kappa shape index (κ2) is 13.3. The number of fused-ring (bicyclic) bond motifs is 1. The fourth-order valence-corrected chi connectivity index (χ4v) is 4.99. The summed E-state index contributed by atoms with van der Waals surface area (Å²) >= 11 is 3.49. The maximum absolute atomic E-state index is 13.4. The smallest absolute Gasteiger partial charge is 0.311 e. The van der Waals surface area contributed by atoms with Gasteiger partial charge in [-0.05, 0) is 66.1 Å². The van der Waals surface area contributed by atoms with Gasteiger partial charge < -0.3 is 19.9 Å². The Kier molecular flexibility index (Phi) is 9.12. The number of carbonyl (C=O) groups is 2. The summed E-state index contributed by atoms with van der Waals surface area (Å²) < 4.78 is 2.55. The van der Waals surface area contributed by atoms with Crippen LogP contribution in [-0.4, -0.2) is 35.6 Å². The highest BCUT2D eigenvalue weighted by atomic mass is 79.9. The van der Waals surface area contributed by atoms with Crippen LogP contribution in [0, 0.1) is 0 Å². The molecular formula is C34H30BrN5O3. The molecule has 0 aliphatic carbocycles. The van der Waals surface area contributed by atoms with Gasteiger partial charge in [0, 0.05) is 41.7 Å². The summed E-state index contributed by atoms with van der Waals surface area (Å²) in [6.07, 6.45) is 2.25. The lowest BCUT2D eigenvalue weighted by Crippen LogP contribution is -2.26. The lowest BCUT2D eigenvalue weighted by atomic mass is 10.1. The molecule has 0 bridgehead atoms. The number of aromatic nitrogens is 1. The molecule has 43 heavy (non-hydrogen) atoms. The largest absolute Gasteiger partial charge is 0.493 e. The number of nitrogens with zero attached hydrogens (tertiary/aromatic N) is 4. The molecule has 0 atom stereocenters. The number of benzene rings is 4. The van der Waals surface area contributed by atoms with Crippen LogP contribution in [0.15, 0.2) is 124 Å². The summed E-state index contributed by atoms with van der Waals surface area (Å²) in [7, 11) is 3.87. The molecule has 5 aromatic rings. The Hall–Kier alpha value is -5.02. The number of aryl methyl sites for hydroxylation is 2. The van der Waals surface area contributed by atoms with E-state index in [1.165, 1.54) is 0 Å². The zero-order chi connectivity index (χ0) is 30.3. The van der Waals surface area contributed by atoms with Crippen LogP contribution < -0.4 is 10.2 Å². The van der Waals surface area contributed by atoms with E-state index in [9.17, 15) is 14.7 Å². The number of azo groups is 1. The molecule has 9 heteroatoms. The highest BCUT2D eigenvalue weighted by Gasteiger charge is 2.19. The maximum Gasteiger partial charge on any atom is 0.311 e. The first-order valence-corrected chi connectivity index (χ1v) is 14.5. The summed E-state index contributed by atoms with van der Waals surface area (Å²) in [5.74, 6) is -1.32. The minimum atomic E-state index is -0.763. The van der Waals surface area contributed by atoms with Crippen molar-refractivity contribution in [1.29, 1.82) is 0 Å². The number of amides is 2. The monoisotopic (exact) mass is 635 g/mol. The van der Waals surface area contributed by atoms with Gasteiger partial charge in [-0.1, -0.05) is 76.6 Å². The van der Waals surface area contributed by atoms with E-state index >= 15 is 0 Å². The molecule has 5 rings (SSSR count). The lowest BCUT2D eigenvalue weighted by molar-refractivity contribution is -0.115. The van der Waals surface area contributed by atoms with Crippen molar-refractivity contribution < 1.29 is 14.7 Å². The Morgan fingerprint density at radius 2 is 1.60 bits per heavy atom. The Bertz CT molecular complexity index is 1810. The topological polar surface area (TPSA) is 99.3 Å². The molecule has 2 amide bonds. The maximum atomic E-state index is 13.4. The Balaban J connectivity index is 1.48. The zero-order valence-corrected chi connectivity index (χ0v) is 25.3. The fraction of sp³-hybridized carbons (Fsp3) is 0.118. The number of hydrogen-bond donors (Lipinski definition) is 2. The van der Waals surface area contributed by atoms with E-state index in [1.54, 1.807) is 41.0 Å².